The quantitative estimate of drug-likeness (QED) is 0.840. The molecule has 2 fully saturated rings. The molecule has 25 heavy (non-hydrogen) atoms. The van der Waals surface area contributed by atoms with Crippen LogP contribution < -0.4 is 4.90 Å². The fourth-order valence-electron chi connectivity index (χ4n) is 4.18. The number of rotatable bonds is 5. The third-order valence-electron chi connectivity index (χ3n) is 5.54. The van der Waals surface area contributed by atoms with Crippen LogP contribution >= 0.6 is 0 Å². The van der Waals surface area contributed by atoms with Crippen molar-refractivity contribution < 1.29 is 19.8 Å². The van der Waals surface area contributed by atoms with Crippen molar-refractivity contribution in [3.05, 3.63) is 23.9 Å². The summed E-state index contributed by atoms with van der Waals surface area (Å²) in [5, 5.41) is 18.5. The monoisotopic (exact) mass is 347 g/mol. The minimum Gasteiger partial charge on any atom is -0.480 e. The van der Waals surface area contributed by atoms with Gasteiger partial charge in [-0.1, -0.05) is 6.92 Å². The summed E-state index contributed by atoms with van der Waals surface area (Å²) in [5.74, 6) is -0.893. The van der Waals surface area contributed by atoms with Gasteiger partial charge < -0.3 is 15.1 Å². The van der Waals surface area contributed by atoms with Gasteiger partial charge in [-0.2, -0.15) is 0 Å². The first-order chi connectivity index (χ1) is 11.9. The maximum Gasteiger partial charge on any atom is 0.337 e. The summed E-state index contributed by atoms with van der Waals surface area (Å²) in [6.45, 7) is 5.42. The highest BCUT2D eigenvalue weighted by Crippen LogP contribution is 2.44. The van der Waals surface area contributed by atoms with E-state index in [0.29, 0.717) is 0 Å². The Morgan fingerprint density at radius 3 is 2.52 bits per heavy atom. The molecular weight excluding hydrogens is 322 g/mol. The molecule has 1 aromatic heterocycles. The second-order valence-corrected chi connectivity index (χ2v) is 7.23. The van der Waals surface area contributed by atoms with E-state index in [1.54, 1.807) is 12.1 Å². The first-order valence-corrected chi connectivity index (χ1v) is 8.85. The van der Waals surface area contributed by atoms with Crippen LogP contribution in [-0.2, 0) is 4.79 Å². The molecule has 2 N–H and O–H groups in total. The standard InChI is InChI=1S/C18H25N3O4/c1-2-7-21-12-18(10-14(21)17(24)25)5-8-20(9-6-18)15-4-3-13(11-19-15)16(22)23/h3-4,11,14H,2,5-10,12H2,1H3,(H,22,23)(H,24,25). The van der Waals surface area contributed by atoms with E-state index in [0.717, 1.165) is 57.7 Å². The van der Waals surface area contributed by atoms with Gasteiger partial charge in [-0.15, -0.1) is 0 Å². The van der Waals surface area contributed by atoms with Crippen LogP contribution in [0.5, 0.6) is 0 Å². The Morgan fingerprint density at radius 1 is 1.28 bits per heavy atom. The number of carbonyl (C=O) groups is 2. The molecule has 2 saturated heterocycles. The van der Waals surface area contributed by atoms with Crippen molar-refractivity contribution in [1.29, 1.82) is 0 Å². The Balaban J connectivity index is 1.65. The number of hydrogen-bond donors (Lipinski definition) is 2. The topological polar surface area (TPSA) is 94.0 Å². The Kier molecular flexibility index (Phi) is 4.94. The molecule has 1 atom stereocenters. The first-order valence-electron chi connectivity index (χ1n) is 8.85. The van der Waals surface area contributed by atoms with Crippen molar-refractivity contribution in [2.24, 2.45) is 5.41 Å². The Labute approximate surface area is 147 Å². The Hall–Kier alpha value is -2.15. The number of piperidine rings is 1. The number of carboxylic acids is 2. The third-order valence-corrected chi connectivity index (χ3v) is 5.54. The number of hydrogen-bond acceptors (Lipinski definition) is 5. The van der Waals surface area contributed by atoms with Crippen LogP contribution in [0.25, 0.3) is 0 Å². The van der Waals surface area contributed by atoms with Crippen molar-refractivity contribution in [2.75, 3.05) is 31.1 Å². The van der Waals surface area contributed by atoms with Crippen molar-refractivity contribution in [3.63, 3.8) is 0 Å². The molecule has 7 heteroatoms. The van der Waals surface area contributed by atoms with E-state index < -0.39 is 11.9 Å². The fourth-order valence-corrected chi connectivity index (χ4v) is 4.18. The zero-order chi connectivity index (χ0) is 18.0. The predicted octanol–water partition coefficient (Wildman–Crippen LogP) is 1.94. The van der Waals surface area contributed by atoms with Gasteiger partial charge in [0.1, 0.15) is 11.9 Å². The molecule has 3 rings (SSSR count). The van der Waals surface area contributed by atoms with Crippen LogP contribution in [0.4, 0.5) is 5.82 Å². The van der Waals surface area contributed by atoms with Crippen molar-refractivity contribution in [2.45, 2.75) is 38.6 Å². The van der Waals surface area contributed by atoms with Crippen molar-refractivity contribution in [3.8, 4) is 0 Å². The van der Waals surface area contributed by atoms with Gasteiger partial charge in [0.15, 0.2) is 0 Å². The molecule has 1 unspecified atom stereocenters. The van der Waals surface area contributed by atoms with Gasteiger partial charge in [-0.25, -0.2) is 9.78 Å². The number of aromatic carboxylic acids is 1. The number of aliphatic carboxylic acids is 1. The van der Waals surface area contributed by atoms with E-state index in [1.807, 2.05) is 0 Å². The Bertz CT molecular complexity index is 638. The smallest absolute Gasteiger partial charge is 0.337 e. The second kappa shape index (κ2) is 7.00. The molecule has 0 aromatic carbocycles. The van der Waals surface area contributed by atoms with Crippen molar-refractivity contribution in [1.82, 2.24) is 9.88 Å². The zero-order valence-corrected chi connectivity index (χ0v) is 14.5. The number of pyridine rings is 1. The minimum absolute atomic E-state index is 0.0791. The van der Waals surface area contributed by atoms with Crippen molar-refractivity contribution >= 4 is 17.8 Å². The van der Waals surface area contributed by atoms with E-state index >= 15 is 0 Å². The molecule has 2 aliphatic rings. The number of anilines is 1. The lowest BCUT2D eigenvalue weighted by atomic mass is 9.76. The summed E-state index contributed by atoms with van der Waals surface area (Å²) >= 11 is 0. The summed E-state index contributed by atoms with van der Waals surface area (Å²) in [6.07, 6.45) is 4.97. The number of carboxylic acid groups (broad SMARTS) is 2. The molecule has 0 bridgehead atoms. The van der Waals surface area contributed by atoms with Gasteiger partial charge in [0.05, 0.1) is 5.56 Å². The second-order valence-electron chi connectivity index (χ2n) is 7.23. The van der Waals surface area contributed by atoms with Crippen LogP contribution in [0.1, 0.15) is 43.0 Å². The zero-order valence-electron chi connectivity index (χ0n) is 14.5. The maximum absolute atomic E-state index is 11.6. The van der Waals surface area contributed by atoms with Crippen LogP contribution in [0.3, 0.4) is 0 Å². The molecule has 0 radical (unpaired) electrons. The van der Waals surface area contributed by atoms with Gasteiger partial charge in [-0.05, 0) is 49.8 Å². The summed E-state index contributed by atoms with van der Waals surface area (Å²) in [5.41, 5.74) is 0.267. The lowest BCUT2D eigenvalue weighted by Gasteiger charge is -2.40. The molecule has 7 nitrogen and oxygen atoms in total. The molecule has 136 valence electrons. The molecule has 1 aromatic rings. The highest BCUT2D eigenvalue weighted by atomic mass is 16.4. The first kappa shape index (κ1) is 17.7. The van der Waals surface area contributed by atoms with E-state index in [1.165, 1.54) is 6.20 Å². The minimum atomic E-state index is -0.974. The highest BCUT2D eigenvalue weighted by Gasteiger charge is 2.47. The van der Waals surface area contributed by atoms with Gasteiger partial charge >= 0.3 is 11.9 Å². The summed E-state index contributed by atoms with van der Waals surface area (Å²) in [4.78, 5) is 31.0. The van der Waals surface area contributed by atoms with E-state index in [2.05, 4.69) is 21.7 Å². The molecule has 0 aliphatic carbocycles. The van der Waals surface area contributed by atoms with Gasteiger partial charge in [0.2, 0.25) is 0 Å². The van der Waals surface area contributed by atoms with Crippen LogP contribution in [-0.4, -0.2) is 64.3 Å². The van der Waals surface area contributed by atoms with Gasteiger partial charge in [0.25, 0.3) is 0 Å². The molecular formula is C18H25N3O4. The normalized spacial score (nSPS) is 23.1. The molecule has 3 heterocycles. The Morgan fingerprint density at radius 2 is 2.00 bits per heavy atom. The highest BCUT2D eigenvalue weighted by molar-refractivity contribution is 5.87. The number of aromatic nitrogens is 1. The SMILES string of the molecule is CCCN1CC2(CCN(c3ccc(C(=O)O)cn3)CC2)CC1C(=O)O. The van der Waals surface area contributed by atoms with E-state index in [4.69, 9.17) is 5.11 Å². The van der Waals surface area contributed by atoms with Crippen LogP contribution in [0.15, 0.2) is 18.3 Å². The predicted molar refractivity (Wildman–Crippen MR) is 93.0 cm³/mol. The average molecular weight is 347 g/mol. The summed E-state index contributed by atoms with van der Waals surface area (Å²) in [7, 11) is 0. The van der Waals surface area contributed by atoms with Gasteiger partial charge in [0, 0.05) is 25.8 Å². The maximum atomic E-state index is 11.6. The summed E-state index contributed by atoms with van der Waals surface area (Å²) < 4.78 is 0. The summed E-state index contributed by atoms with van der Waals surface area (Å²) in [6, 6.07) is 2.97. The molecule has 1 spiro atoms. The third kappa shape index (κ3) is 3.61. The van der Waals surface area contributed by atoms with E-state index in [-0.39, 0.29) is 17.0 Å². The fraction of sp³-hybridized carbons (Fsp3) is 0.611. The van der Waals surface area contributed by atoms with Crippen LogP contribution in [0, 0.1) is 5.41 Å². The van der Waals surface area contributed by atoms with E-state index in [9.17, 15) is 14.7 Å². The number of nitrogens with zero attached hydrogens (tertiary/aromatic N) is 3. The van der Waals surface area contributed by atoms with Gasteiger partial charge in [-0.3, -0.25) is 9.69 Å². The molecule has 0 amide bonds. The lowest BCUT2D eigenvalue weighted by Crippen LogP contribution is -2.42. The number of likely N-dealkylation sites (tertiary alicyclic amines) is 1. The largest absolute Gasteiger partial charge is 0.480 e. The lowest BCUT2D eigenvalue weighted by molar-refractivity contribution is -0.142. The average Bonchev–Trinajstić information content (AvgIpc) is 2.94. The molecule has 0 saturated carbocycles. The molecule has 2 aliphatic heterocycles. The van der Waals surface area contributed by atoms with Crippen LogP contribution in [0.2, 0.25) is 0 Å².